The lowest BCUT2D eigenvalue weighted by atomic mass is 9.98. The molecule has 0 bridgehead atoms. The van der Waals surface area contributed by atoms with Crippen molar-refractivity contribution in [1.29, 1.82) is 0 Å². The first-order valence-corrected chi connectivity index (χ1v) is 9.34. The quantitative estimate of drug-likeness (QED) is 0.755. The molecule has 136 valence electrons. The molecule has 1 aliphatic rings. The Balaban J connectivity index is 1.54. The van der Waals surface area contributed by atoms with Gasteiger partial charge in [-0.15, -0.1) is 0 Å². The van der Waals surface area contributed by atoms with Crippen molar-refractivity contribution in [2.45, 2.75) is 26.3 Å². The number of anilines is 1. The van der Waals surface area contributed by atoms with E-state index in [-0.39, 0.29) is 11.8 Å². The molecule has 0 atom stereocenters. The van der Waals surface area contributed by atoms with E-state index in [2.05, 4.69) is 11.4 Å². The topological polar surface area (TPSA) is 49.4 Å². The molecule has 1 heterocycles. The molecule has 27 heavy (non-hydrogen) atoms. The second kappa shape index (κ2) is 7.23. The third-order valence-electron chi connectivity index (χ3n) is 5.14. The lowest BCUT2D eigenvalue weighted by Crippen LogP contribution is -2.35. The molecular weight excluding hydrogens is 336 g/mol. The number of hydrogen-bond donors (Lipinski definition) is 1. The highest BCUT2D eigenvalue weighted by Gasteiger charge is 2.20. The number of amides is 2. The predicted molar refractivity (Wildman–Crippen MR) is 108 cm³/mol. The largest absolute Gasteiger partial charge is 0.338 e. The highest BCUT2D eigenvalue weighted by Crippen LogP contribution is 2.24. The van der Waals surface area contributed by atoms with Crippen molar-refractivity contribution in [3.8, 4) is 0 Å². The maximum Gasteiger partial charge on any atom is 0.255 e. The molecule has 0 radical (unpaired) electrons. The second-order valence-corrected chi connectivity index (χ2v) is 6.92. The summed E-state index contributed by atoms with van der Waals surface area (Å²) < 4.78 is 0. The Morgan fingerprint density at radius 2 is 1.78 bits per heavy atom. The van der Waals surface area contributed by atoms with Gasteiger partial charge in [-0.05, 0) is 52.6 Å². The summed E-state index contributed by atoms with van der Waals surface area (Å²) in [6.45, 7) is 3.27. The summed E-state index contributed by atoms with van der Waals surface area (Å²) in [5.74, 6) is 0.0456. The molecule has 2 amide bonds. The molecule has 3 aromatic carbocycles. The van der Waals surface area contributed by atoms with Crippen LogP contribution in [0.15, 0.2) is 60.7 Å². The smallest absolute Gasteiger partial charge is 0.255 e. The molecule has 0 aliphatic carbocycles. The number of nitrogens with one attached hydrogen (secondary N) is 1. The maximum atomic E-state index is 12.7. The van der Waals surface area contributed by atoms with Crippen LogP contribution in [-0.4, -0.2) is 23.3 Å². The number of benzene rings is 3. The highest BCUT2D eigenvalue weighted by molar-refractivity contribution is 6.06. The van der Waals surface area contributed by atoms with Crippen LogP contribution in [0, 0.1) is 0 Å². The Bertz CT molecular complexity index is 1030. The van der Waals surface area contributed by atoms with Gasteiger partial charge in [-0.3, -0.25) is 9.59 Å². The molecule has 4 nitrogen and oxygen atoms in total. The van der Waals surface area contributed by atoms with Gasteiger partial charge in [-0.1, -0.05) is 43.3 Å². The molecule has 0 saturated carbocycles. The number of carbonyl (C=O) groups excluding carboxylic acids is 2. The van der Waals surface area contributed by atoms with Crippen LogP contribution in [0.5, 0.6) is 0 Å². The van der Waals surface area contributed by atoms with Crippen LogP contribution in [0.3, 0.4) is 0 Å². The molecule has 3 aromatic rings. The Morgan fingerprint density at radius 3 is 2.59 bits per heavy atom. The Kier molecular flexibility index (Phi) is 4.63. The fourth-order valence-electron chi connectivity index (χ4n) is 3.61. The summed E-state index contributed by atoms with van der Waals surface area (Å²) in [5, 5.41) is 5.15. The minimum Gasteiger partial charge on any atom is -0.338 e. The third kappa shape index (κ3) is 3.56. The number of fused-ring (bicyclic) bond motifs is 2. The van der Waals surface area contributed by atoms with Crippen LogP contribution in [-0.2, 0) is 17.8 Å². The van der Waals surface area contributed by atoms with Gasteiger partial charge in [0.1, 0.15) is 0 Å². The molecule has 0 saturated heterocycles. The molecule has 1 aliphatic heterocycles. The van der Waals surface area contributed by atoms with E-state index in [1.54, 1.807) is 0 Å². The molecule has 4 heteroatoms. The van der Waals surface area contributed by atoms with E-state index in [1.807, 2.05) is 66.4 Å². The molecule has 1 N–H and O–H groups in total. The summed E-state index contributed by atoms with van der Waals surface area (Å²) in [6, 6.07) is 19.7. The average molecular weight is 358 g/mol. The van der Waals surface area contributed by atoms with Crippen molar-refractivity contribution in [2.75, 3.05) is 11.9 Å². The van der Waals surface area contributed by atoms with Crippen molar-refractivity contribution in [1.82, 2.24) is 4.90 Å². The van der Waals surface area contributed by atoms with Gasteiger partial charge in [-0.25, -0.2) is 0 Å². The minimum absolute atomic E-state index is 0.127. The maximum absolute atomic E-state index is 12.7. The van der Waals surface area contributed by atoms with Crippen molar-refractivity contribution < 1.29 is 9.59 Å². The molecule has 0 aromatic heterocycles. The van der Waals surface area contributed by atoms with Crippen molar-refractivity contribution in [3.05, 3.63) is 77.4 Å². The standard InChI is InChI=1S/C23H22N2O2/c1-2-22(26)25-12-11-17-9-10-21(14-20(17)15-25)24-23(27)19-8-7-16-5-3-4-6-18(16)13-19/h3-10,13-14H,2,11-12,15H2,1H3,(H,24,27). The first kappa shape index (κ1) is 17.3. The Hall–Kier alpha value is -3.14. The van der Waals surface area contributed by atoms with Gasteiger partial charge in [0.05, 0.1) is 0 Å². The first-order chi connectivity index (χ1) is 13.1. The van der Waals surface area contributed by atoms with E-state index in [0.29, 0.717) is 18.5 Å². The van der Waals surface area contributed by atoms with Crippen LogP contribution < -0.4 is 5.32 Å². The molecule has 0 unspecified atom stereocenters. The van der Waals surface area contributed by atoms with Gasteiger partial charge in [0, 0.05) is 30.8 Å². The van der Waals surface area contributed by atoms with Crippen LogP contribution in [0.1, 0.15) is 34.8 Å². The van der Waals surface area contributed by atoms with Gasteiger partial charge in [-0.2, -0.15) is 0 Å². The van der Waals surface area contributed by atoms with Crippen molar-refractivity contribution in [3.63, 3.8) is 0 Å². The molecule has 0 spiro atoms. The number of rotatable bonds is 3. The van der Waals surface area contributed by atoms with E-state index in [9.17, 15) is 9.59 Å². The van der Waals surface area contributed by atoms with Gasteiger partial charge in [0.25, 0.3) is 5.91 Å². The SMILES string of the molecule is CCC(=O)N1CCc2ccc(NC(=O)c3ccc4ccccc4c3)cc2C1. The minimum atomic E-state index is -0.127. The molecular formula is C23H22N2O2. The van der Waals surface area contributed by atoms with Crippen LogP contribution >= 0.6 is 0 Å². The van der Waals surface area contributed by atoms with Crippen molar-refractivity contribution in [2.24, 2.45) is 0 Å². The first-order valence-electron chi connectivity index (χ1n) is 9.34. The summed E-state index contributed by atoms with van der Waals surface area (Å²) in [7, 11) is 0. The van der Waals surface area contributed by atoms with Crippen molar-refractivity contribution >= 4 is 28.3 Å². The van der Waals surface area contributed by atoms with Crippen LogP contribution in [0.25, 0.3) is 10.8 Å². The lowest BCUT2D eigenvalue weighted by Gasteiger charge is -2.29. The van der Waals surface area contributed by atoms with E-state index in [4.69, 9.17) is 0 Å². The van der Waals surface area contributed by atoms with E-state index in [0.717, 1.165) is 35.0 Å². The monoisotopic (exact) mass is 358 g/mol. The fraction of sp³-hybridized carbons (Fsp3) is 0.217. The summed E-state index contributed by atoms with van der Waals surface area (Å²) in [6.07, 6.45) is 1.38. The summed E-state index contributed by atoms with van der Waals surface area (Å²) in [4.78, 5) is 26.5. The molecule has 4 rings (SSSR count). The average Bonchev–Trinajstić information content (AvgIpc) is 2.72. The normalized spacial score (nSPS) is 13.3. The number of hydrogen-bond acceptors (Lipinski definition) is 2. The third-order valence-corrected chi connectivity index (χ3v) is 5.14. The fourth-order valence-corrected chi connectivity index (χ4v) is 3.61. The summed E-state index contributed by atoms with van der Waals surface area (Å²) >= 11 is 0. The van der Waals surface area contributed by atoms with Gasteiger partial charge < -0.3 is 10.2 Å². The second-order valence-electron chi connectivity index (χ2n) is 6.92. The molecule has 0 fully saturated rings. The van der Waals surface area contributed by atoms with Crippen LogP contribution in [0.2, 0.25) is 0 Å². The zero-order valence-corrected chi connectivity index (χ0v) is 15.4. The summed E-state index contributed by atoms with van der Waals surface area (Å²) in [5.41, 5.74) is 3.75. The Labute approximate surface area is 158 Å². The number of nitrogens with zero attached hydrogens (tertiary/aromatic N) is 1. The van der Waals surface area contributed by atoms with Crippen LogP contribution in [0.4, 0.5) is 5.69 Å². The van der Waals surface area contributed by atoms with E-state index >= 15 is 0 Å². The van der Waals surface area contributed by atoms with Gasteiger partial charge in [0.2, 0.25) is 5.91 Å². The lowest BCUT2D eigenvalue weighted by molar-refractivity contribution is -0.131. The Morgan fingerprint density at radius 1 is 0.963 bits per heavy atom. The zero-order valence-electron chi connectivity index (χ0n) is 15.4. The zero-order chi connectivity index (χ0) is 18.8. The number of carbonyl (C=O) groups is 2. The van der Waals surface area contributed by atoms with E-state index in [1.165, 1.54) is 5.56 Å². The predicted octanol–water partition coefficient (Wildman–Crippen LogP) is 4.39. The van der Waals surface area contributed by atoms with Gasteiger partial charge >= 0.3 is 0 Å². The van der Waals surface area contributed by atoms with E-state index < -0.39 is 0 Å². The van der Waals surface area contributed by atoms with Gasteiger partial charge in [0.15, 0.2) is 0 Å². The highest BCUT2D eigenvalue weighted by atomic mass is 16.2.